The van der Waals surface area contributed by atoms with E-state index in [1.54, 1.807) is 24.1 Å². The molecule has 0 N–H and O–H groups in total. The zero-order valence-corrected chi connectivity index (χ0v) is 13.5. The van der Waals surface area contributed by atoms with Crippen LogP contribution < -0.4 is 0 Å². The third-order valence-electron chi connectivity index (χ3n) is 3.52. The van der Waals surface area contributed by atoms with Gasteiger partial charge in [0, 0.05) is 23.8 Å². The molecule has 0 bridgehead atoms. The Kier molecular flexibility index (Phi) is 3.79. The molecule has 0 aromatic carbocycles. The summed E-state index contributed by atoms with van der Waals surface area (Å²) in [4.78, 5) is 13.2. The quantitative estimate of drug-likeness (QED) is 0.661. The standard InChI is InChI=1S/C15H13F3N4S/c1-8-4-10-11(7-19-8)22(2)14(21-10)13-12(23-3)5-9(6-20-13)15(16,17)18/h4-7H,1-3H3. The molecule has 0 aliphatic carbocycles. The van der Waals surface area contributed by atoms with E-state index in [-0.39, 0.29) is 0 Å². The van der Waals surface area contributed by atoms with Gasteiger partial charge in [-0.1, -0.05) is 0 Å². The summed E-state index contributed by atoms with van der Waals surface area (Å²) in [5.41, 5.74) is 2.04. The predicted octanol–water partition coefficient (Wildman–Crippen LogP) is 4.08. The van der Waals surface area contributed by atoms with Crippen LogP contribution in [-0.2, 0) is 13.2 Å². The number of rotatable bonds is 2. The molecule has 0 aliphatic rings. The summed E-state index contributed by atoms with van der Waals surface area (Å²) in [7, 11) is 1.80. The monoisotopic (exact) mass is 338 g/mol. The van der Waals surface area contributed by atoms with Gasteiger partial charge >= 0.3 is 6.18 Å². The van der Waals surface area contributed by atoms with Crippen LogP contribution in [0.1, 0.15) is 11.3 Å². The number of imidazole rings is 1. The topological polar surface area (TPSA) is 43.6 Å². The van der Waals surface area contributed by atoms with E-state index < -0.39 is 11.7 Å². The Morgan fingerprint density at radius 2 is 1.87 bits per heavy atom. The minimum absolute atomic E-state index is 0.432. The lowest BCUT2D eigenvalue weighted by Gasteiger charge is -2.11. The van der Waals surface area contributed by atoms with Crippen LogP contribution >= 0.6 is 11.8 Å². The highest BCUT2D eigenvalue weighted by atomic mass is 32.2. The fourth-order valence-corrected chi connectivity index (χ4v) is 2.91. The van der Waals surface area contributed by atoms with Crippen LogP contribution in [0.2, 0.25) is 0 Å². The number of hydrogen-bond donors (Lipinski definition) is 0. The van der Waals surface area contributed by atoms with Gasteiger partial charge in [-0.05, 0) is 25.3 Å². The molecule has 0 fully saturated rings. The van der Waals surface area contributed by atoms with Gasteiger partial charge in [0.1, 0.15) is 5.69 Å². The second-order valence-electron chi connectivity index (χ2n) is 5.08. The molecule has 3 aromatic rings. The summed E-state index contributed by atoms with van der Waals surface area (Å²) in [5, 5.41) is 0. The fourth-order valence-electron chi connectivity index (χ4n) is 2.32. The molecule has 0 saturated heterocycles. The normalized spacial score (nSPS) is 12.1. The van der Waals surface area contributed by atoms with Crippen LogP contribution in [-0.4, -0.2) is 25.8 Å². The van der Waals surface area contributed by atoms with Gasteiger partial charge in [-0.2, -0.15) is 13.2 Å². The molecule has 4 nitrogen and oxygen atoms in total. The summed E-state index contributed by atoms with van der Waals surface area (Å²) in [5.74, 6) is 0.519. The van der Waals surface area contributed by atoms with Crippen molar-refractivity contribution in [2.24, 2.45) is 7.05 Å². The molecule has 8 heteroatoms. The number of hydrogen-bond acceptors (Lipinski definition) is 4. The number of aromatic nitrogens is 4. The highest BCUT2D eigenvalue weighted by molar-refractivity contribution is 7.98. The molecule has 0 atom stereocenters. The number of pyridine rings is 2. The van der Waals surface area contributed by atoms with Crippen molar-refractivity contribution in [2.45, 2.75) is 18.0 Å². The number of aryl methyl sites for hydroxylation is 2. The lowest BCUT2D eigenvalue weighted by atomic mass is 10.2. The van der Waals surface area contributed by atoms with E-state index in [9.17, 15) is 13.2 Å². The number of thioether (sulfide) groups is 1. The number of fused-ring (bicyclic) bond motifs is 1. The Labute approximate surface area is 134 Å². The van der Waals surface area contributed by atoms with Crippen LogP contribution in [0.15, 0.2) is 29.4 Å². The average Bonchev–Trinajstić information content (AvgIpc) is 2.81. The van der Waals surface area contributed by atoms with Crippen molar-refractivity contribution in [1.29, 1.82) is 0 Å². The lowest BCUT2D eigenvalue weighted by Crippen LogP contribution is -2.07. The molecule has 120 valence electrons. The maximum atomic E-state index is 12.9. The summed E-state index contributed by atoms with van der Waals surface area (Å²) in [6.07, 6.45) is -0.152. The highest BCUT2D eigenvalue weighted by Gasteiger charge is 2.32. The first-order chi connectivity index (χ1) is 10.8. The number of alkyl halides is 3. The third-order valence-corrected chi connectivity index (χ3v) is 4.27. The van der Waals surface area contributed by atoms with Crippen molar-refractivity contribution in [1.82, 2.24) is 19.5 Å². The van der Waals surface area contributed by atoms with Gasteiger partial charge in [0.15, 0.2) is 5.82 Å². The average molecular weight is 338 g/mol. The fraction of sp³-hybridized carbons (Fsp3) is 0.267. The first-order valence-electron chi connectivity index (χ1n) is 6.72. The van der Waals surface area contributed by atoms with Gasteiger partial charge in [-0.15, -0.1) is 11.8 Å². The molecule has 0 unspecified atom stereocenters. The Bertz CT molecular complexity index is 886. The minimum atomic E-state index is -4.41. The van der Waals surface area contributed by atoms with Crippen LogP contribution in [0.3, 0.4) is 0 Å². The van der Waals surface area contributed by atoms with Gasteiger partial charge in [0.05, 0.1) is 22.8 Å². The molecule has 3 heterocycles. The summed E-state index contributed by atoms with van der Waals surface area (Å²) < 4.78 is 40.3. The molecule has 0 spiro atoms. The van der Waals surface area contributed by atoms with E-state index in [0.29, 0.717) is 16.4 Å². The number of halogens is 3. The molecule has 3 aromatic heterocycles. The van der Waals surface area contributed by atoms with Crippen LogP contribution in [0.4, 0.5) is 13.2 Å². The number of nitrogens with zero attached hydrogens (tertiary/aromatic N) is 4. The van der Waals surface area contributed by atoms with Crippen molar-refractivity contribution < 1.29 is 13.2 Å². The van der Waals surface area contributed by atoms with Crippen molar-refractivity contribution in [3.05, 3.63) is 35.8 Å². The molecule has 0 amide bonds. The molecule has 3 rings (SSSR count). The van der Waals surface area contributed by atoms with Crippen LogP contribution in [0.5, 0.6) is 0 Å². The second-order valence-corrected chi connectivity index (χ2v) is 5.93. The Hall–Kier alpha value is -2.09. The summed E-state index contributed by atoms with van der Waals surface area (Å²) in [6, 6.07) is 2.94. The van der Waals surface area contributed by atoms with E-state index in [1.165, 1.54) is 11.8 Å². The molecule has 23 heavy (non-hydrogen) atoms. The van der Waals surface area contributed by atoms with Crippen LogP contribution in [0.25, 0.3) is 22.6 Å². The Morgan fingerprint density at radius 3 is 2.52 bits per heavy atom. The van der Waals surface area contributed by atoms with Crippen molar-refractivity contribution in [3.63, 3.8) is 0 Å². The SMILES string of the molecule is CSc1cc(C(F)(F)F)cnc1-c1nc2cc(C)ncc2n1C. The van der Waals surface area contributed by atoms with E-state index in [0.717, 1.165) is 29.0 Å². The van der Waals surface area contributed by atoms with E-state index in [4.69, 9.17) is 0 Å². The zero-order valence-electron chi connectivity index (χ0n) is 12.6. The van der Waals surface area contributed by atoms with Crippen molar-refractivity contribution in [2.75, 3.05) is 6.26 Å². The minimum Gasteiger partial charge on any atom is -0.325 e. The molecule has 0 saturated carbocycles. The first-order valence-corrected chi connectivity index (χ1v) is 7.94. The smallest absolute Gasteiger partial charge is 0.325 e. The zero-order chi connectivity index (χ0) is 16.8. The van der Waals surface area contributed by atoms with E-state index in [1.807, 2.05) is 13.0 Å². The Balaban J connectivity index is 2.20. The van der Waals surface area contributed by atoms with Gasteiger partial charge in [0.2, 0.25) is 0 Å². The van der Waals surface area contributed by atoms with E-state index >= 15 is 0 Å². The molecular formula is C15H13F3N4S. The maximum Gasteiger partial charge on any atom is 0.417 e. The lowest BCUT2D eigenvalue weighted by molar-refractivity contribution is -0.138. The summed E-state index contributed by atoms with van der Waals surface area (Å²) >= 11 is 1.21. The Morgan fingerprint density at radius 1 is 1.13 bits per heavy atom. The second kappa shape index (κ2) is 5.52. The highest BCUT2D eigenvalue weighted by Crippen LogP contribution is 2.35. The van der Waals surface area contributed by atoms with E-state index in [2.05, 4.69) is 15.0 Å². The van der Waals surface area contributed by atoms with Crippen molar-refractivity contribution >= 4 is 22.8 Å². The van der Waals surface area contributed by atoms with Gasteiger partial charge in [-0.25, -0.2) is 4.98 Å². The first kappa shape index (κ1) is 15.8. The van der Waals surface area contributed by atoms with Gasteiger partial charge < -0.3 is 4.57 Å². The molecular weight excluding hydrogens is 325 g/mol. The van der Waals surface area contributed by atoms with Crippen molar-refractivity contribution in [3.8, 4) is 11.5 Å². The maximum absolute atomic E-state index is 12.9. The summed E-state index contributed by atoms with van der Waals surface area (Å²) in [6.45, 7) is 1.86. The third kappa shape index (κ3) is 2.78. The van der Waals surface area contributed by atoms with Gasteiger partial charge in [-0.3, -0.25) is 9.97 Å². The van der Waals surface area contributed by atoms with Crippen LogP contribution in [0, 0.1) is 6.92 Å². The predicted molar refractivity (Wildman–Crippen MR) is 83.3 cm³/mol. The molecule has 0 aliphatic heterocycles. The van der Waals surface area contributed by atoms with Gasteiger partial charge in [0.25, 0.3) is 0 Å². The molecule has 0 radical (unpaired) electrons. The largest absolute Gasteiger partial charge is 0.417 e.